The third-order valence-electron chi connectivity index (χ3n) is 3.23. The Morgan fingerprint density at radius 1 is 1.41 bits per heavy atom. The van der Waals surface area contributed by atoms with Gasteiger partial charge >= 0.3 is 0 Å². The van der Waals surface area contributed by atoms with E-state index < -0.39 is 0 Å². The van der Waals surface area contributed by atoms with Crippen LogP contribution in [0.4, 0.5) is 5.88 Å². The fourth-order valence-electron chi connectivity index (χ4n) is 2.10. The number of aromatic nitrogens is 2. The first kappa shape index (κ1) is 13.9. The van der Waals surface area contributed by atoms with Crippen molar-refractivity contribution in [2.75, 3.05) is 5.43 Å². The minimum Gasteiger partial charge on any atom is -0.422 e. The number of para-hydroxylation sites is 1. The van der Waals surface area contributed by atoms with Crippen LogP contribution in [0, 0.1) is 11.3 Å². The molecule has 0 atom stereocenters. The number of rotatable bonds is 4. The van der Waals surface area contributed by atoms with Gasteiger partial charge < -0.3 is 9.40 Å². The molecule has 110 valence electrons. The second-order valence-corrected chi connectivity index (χ2v) is 5.16. The maximum Gasteiger partial charge on any atom is 0.252 e. The van der Waals surface area contributed by atoms with E-state index in [0.717, 1.165) is 16.5 Å². The number of hydrogen-bond acceptors (Lipinski definition) is 5. The zero-order chi connectivity index (χ0) is 15.5. The summed E-state index contributed by atoms with van der Waals surface area (Å²) in [5.41, 5.74) is 4.95. The van der Waals surface area contributed by atoms with Crippen LogP contribution in [0.5, 0.6) is 0 Å². The molecule has 22 heavy (non-hydrogen) atoms. The van der Waals surface area contributed by atoms with Crippen LogP contribution in [0.3, 0.4) is 0 Å². The lowest BCUT2D eigenvalue weighted by Gasteiger charge is -1.96. The minimum atomic E-state index is 0.111. The van der Waals surface area contributed by atoms with Gasteiger partial charge in [-0.25, -0.2) is 10.4 Å². The molecule has 0 aliphatic carbocycles. The third kappa shape index (κ3) is 2.56. The highest BCUT2D eigenvalue weighted by atomic mass is 16.4. The molecule has 0 saturated heterocycles. The van der Waals surface area contributed by atoms with Crippen molar-refractivity contribution >= 4 is 23.0 Å². The first-order valence-electron chi connectivity index (χ1n) is 6.95. The number of oxazole rings is 1. The zero-order valence-corrected chi connectivity index (χ0v) is 12.3. The Hall–Kier alpha value is -3.07. The number of nitrogens with zero attached hydrogens (tertiary/aromatic N) is 3. The molecule has 2 aromatic heterocycles. The lowest BCUT2D eigenvalue weighted by molar-refractivity contribution is 0.481. The van der Waals surface area contributed by atoms with Crippen LogP contribution in [0.2, 0.25) is 0 Å². The van der Waals surface area contributed by atoms with Gasteiger partial charge in [0.25, 0.3) is 5.88 Å². The van der Waals surface area contributed by atoms with Crippen LogP contribution >= 0.6 is 0 Å². The Kier molecular flexibility index (Phi) is 3.62. The number of fused-ring (bicyclic) bond motifs is 1. The fraction of sp³-hybridized carbons (Fsp3) is 0.188. The van der Waals surface area contributed by atoms with Crippen molar-refractivity contribution < 1.29 is 4.42 Å². The van der Waals surface area contributed by atoms with E-state index in [1.807, 2.05) is 50.4 Å². The molecule has 2 heterocycles. The lowest BCUT2D eigenvalue weighted by atomic mass is 10.2. The molecule has 0 unspecified atom stereocenters. The van der Waals surface area contributed by atoms with Crippen LogP contribution in [-0.2, 0) is 0 Å². The monoisotopic (exact) mass is 293 g/mol. The van der Waals surface area contributed by atoms with Crippen LogP contribution < -0.4 is 5.43 Å². The molecule has 1 aromatic carbocycles. The van der Waals surface area contributed by atoms with Crippen molar-refractivity contribution in [2.45, 2.75) is 19.8 Å². The van der Waals surface area contributed by atoms with Gasteiger partial charge in [0.1, 0.15) is 6.07 Å². The van der Waals surface area contributed by atoms with E-state index in [4.69, 9.17) is 9.68 Å². The summed E-state index contributed by atoms with van der Waals surface area (Å²) >= 11 is 0. The van der Waals surface area contributed by atoms with E-state index in [2.05, 4.69) is 20.5 Å². The molecule has 3 rings (SSSR count). The van der Waals surface area contributed by atoms with Crippen LogP contribution in [0.25, 0.3) is 10.9 Å². The predicted molar refractivity (Wildman–Crippen MR) is 84.8 cm³/mol. The van der Waals surface area contributed by atoms with E-state index in [9.17, 15) is 0 Å². The number of hydrogen-bond donors (Lipinski definition) is 2. The Morgan fingerprint density at radius 2 is 2.23 bits per heavy atom. The molecular weight excluding hydrogens is 278 g/mol. The second-order valence-electron chi connectivity index (χ2n) is 5.16. The van der Waals surface area contributed by atoms with Gasteiger partial charge in [-0.15, -0.1) is 0 Å². The largest absolute Gasteiger partial charge is 0.422 e. The maximum atomic E-state index is 9.07. The van der Waals surface area contributed by atoms with Gasteiger partial charge in [-0.2, -0.15) is 10.4 Å². The molecule has 0 fully saturated rings. The van der Waals surface area contributed by atoms with E-state index in [0.29, 0.717) is 5.89 Å². The van der Waals surface area contributed by atoms with E-state index in [1.54, 1.807) is 6.21 Å². The number of benzene rings is 1. The third-order valence-corrected chi connectivity index (χ3v) is 3.23. The minimum absolute atomic E-state index is 0.111. The molecule has 6 heteroatoms. The summed E-state index contributed by atoms with van der Waals surface area (Å²) < 4.78 is 5.51. The molecule has 3 aromatic rings. The summed E-state index contributed by atoms with van der Waals surface area (Å²) in [7, 11) is 0. The molecule has 0 bridgehead atoms. The average Bonchev–Trinajstić information content (AvgIpc) is 3.12. The predicted octanol–water partition coefficient (Wildman–Crippen LogP) is 3.60. The molecule has 0 spiro atoms. The SMILES string of the molecule is CC(C)c1nc(C#N)c(N/N=C/c2c[nH]c3ccccc23)o1. The van der Waals surface area contributed by atoms with Crippen LogP contribution in [0.15, 0.2) is 40.0 Å². The van der Waals surface area contributed by atoms with Gasteiger partial charge in [0.15, 0.2) is 0 Å². The van der Waals surface area contributed by atoms with E-state index in [1.165, 1.54) is 0 Å². The van der Waals surface area contributed by atoms with Crippen molar-refractivity contribution in [3.05, 3.63) is 47.6 Å². The highest BCUT2D eigenvalue weighted by Gasteiger charge is 2.14. The Morgan fingerprint density at radius 3 is 3.00 bits per heavy atom. The van der Waals surface area contributed by atoms with Gasteiger partial charge in [-0.05, 0) is 6.07 Å². The van der Waals surface area contributed by atoms with Crippen molar-refractivity contribution in [3.63, 3.8) is 0 Å². The number of H-pyrrole nitrogens is 1. The normalized spacial score (nSPS) is 11.4. The molecule has 0 radical (unpaired) electrons. The average molecular weight is 293 g/mol. The summed E-state index contributed by atoms with van der Waals surface area (Å²) in [5.74, 6) is 0.892. The summed E-state index contributed by atoms with van der Waals surface area (Å²) in [6.45, 7) is 3.90. The van der Waals surface area contributed by atoms with E-state index >= 15 is 0 Å². The van der Waals surface area contributed by atoms with Gasteiger partial charge in [-0.1, -0.05) is 32.0 Å². The molecule has 6 nitrogen and oxygen atoms in total. The number of nitrogens with one attached hydrogen (secondary N) is 2. The standard InChI is InChI=1S/C16H15N5O/c1-10(2)15-20-14(7-17)16(22-15)21-19-9-11-8-18-13-6-4-3-5-12(11)13/h3-6,8-10,18,21H,1-2H3/b19-9+. The maximum absolute atomic E-state index is 9.07. The molecule has 2 N–H and O–H groups in total. The lowest BCUT2D eigenvalue weighted by Crippen LogP contribution is -1.91. The first-order chi connectivity index (χ1) is 10.7. The number of aromatic amines is 1. The zero-order valence-electron chi connectivity index (χ0n) is 12.3. The smallest absolute Gasteiger partial charge is 0.252 e. The van der Waals surface area contributed by atoms with Crippen molar-refractivity contribution in [1.82, 2.24) is 9.97 Å². The first-order valence-corrected chi connectivity index (χ1v) is 6.95. The van der Waals surface area contributed by atoms with Crippen molar-refractivity contribution in [2.24, 2.45) is 5.10 Å². The van der Waals surface area contributed by atoms with E-state index in [-0.39, 0.29) is 17.5 Å². The highest BCUT2D eigenvalue weighted by molar-refractivity contribution is 5.99. The van der Waals surface area contributed by atoms with Gasteiger partial charge in [0.05, 0.1) is 6.21 Å². The summed E-state index contributed by atoms with van der Waals surface area (Å²) in [5, 5.41) is 14.3. The van der Waals surface area contributed by atoms with Crippen molar-refractivity contribution in [1.29, 1.82) is 5.26 Å². The highest BCUT2D eigenvalue weighted by Crippen LogP contribution is 2.22. The molecule has 0 saturated carbocycles. The molecule has 0 amide bonds. The second kappa shape index (κ2) is 5.74. The number of nitriles is 1. The Labute approximate surface area is 127 Å². The molecular formula is C16H15N5O. The number of hydrazone groups is 1. The summed E-state index contributed by atoms with van der Waals surface area (Å²) in [6.07, 6.45) is 3.55. The van der Waals surface area contributed by atoms with Gasteiger partial charge in [-0.3, -0.25) is 0 Å². The fourth-order valence-corrected chi connectivity index (χ4v) is 2.10. The van der Waals surface area contributed by atoms with Gasteiger partial charge in [0, 0.05) is 28.6 Å². The quantitative estimate of drug-likeness (QED) is 0.568. The van der Waals surface area contributed by atoms with Gasteiger partial charge in [0.2, 0.25) is 11.6 Å². The number of anilines is 1. The summed E-state index contributed by atoms with van der Waals surface area (Å²) in [4.78, 5) is 7.29. The molecule has 0 aliphatic heterocycles. The topological polar surface area (TPSA) is 90.0 Å². The summed E-state index contributed by atoms with van der Waals surface area (Å²) in [6, 6.07) is 9.95. The van der Waals surface area contributed by atoms with Crippen molar-refractivity contribution in [3.8, 4) is 6.07 Å². The Balaban J connectivity index is 1.82. The van der Waals surface area contributed by atoms with Crippen LogP contribution in [-0.4, -0.2) is 16.2 Å². The molecule has 0 aliphatic rings. The Bertz CT molecular complexity index is 866. The van der Waals surface area contributed by atoms with Crippen LogP contribution in [0.1, 0.15) is 36.9 Å².